The van der Waals surface area contributed by atoms with Crippen LogP contribution in [-0.4, -0.2) is 43.9 Å². The molecule has 0 spiro atoms. The summed E-state index contributed by atoms with van der Waals surface area (Å²) in [6.45, 7) is 0.810. The molecule has 1 fully saturated rings. The van der Waals surface area contributed by atoms with Crippen LogP contribution in [0, 0.1) is 11.6 Å². The van der Waals surface area contributed by atoms with Crippen LogP contribution in [-0.2, 0) is 0 Å². The number of benzene rings is 3. The number of imidazole rings is 1. The maximum absolute atomic E-state index is 14.4. The Labute approximate surface area is 219 Å². The molecule has 2 aromatic heterocycles. The van der Waals surface area contributed by atoms with E-state index < -0.39 is 23.1 Å². The smallest absolute Gasteiger partial charge is 0.326 e. The number of carbonyl (C=O) groups excluding carboxylic acids is 2. The zero-order valence-corrected chi connectivity index (χ0v) is 20.7. The fourth-order valence-corrected chi connectivity index (χ4v) is 5.44. The van der Waals surface area contributed by atoms with Crippen LogP contribution < -0.4 is 5.69 Å². The van der Waals surface area contributed by atoms with Gasteiger partial charge in [0.2, 0.25) is 0 Å². The van der Waals surface area contributed by atoms with Gasteiger partial charge in [-0.3, -0.25) is 18.7 Å². The molecule has 3 heterocycles. The summed E-state index contributed by atoms with van der Waals surface area (Å²) >= 11 is 6.17. The largest absolute Gasteiger partial charge is 0.338 e. The minimum Gasteiger partial charge on any atom is -0.338 e. The molecule has 0 atom stereocenters. The van der Waals surface area contributed by atoms with E-state index in [-0.39, 0.29) is 23.2 Å². The van der Waals surface area contributed by atoms with Gasteiger partial charge in [0.1, 0.15) is 0 Å². The molecule has 1 aliphatic heterocycles. The number of rotatable bonds is 3. The van der Waals surface area contributed by atoms with Crippen LogP contribution in [0.4, 0.5) is 8.78 Å². The van der Waals surface area contributed by atoms with Crippen molar-refractivity contribution >= 4 is 45.4 Å². The Bertz CT molecular complexity index is 1800. The fourth-order valence-electron chi connectivity index (χ4n) is 5.27. The zero-order valence-electron chi connectivity index (χ0n) is 20.0. The van der Waals surface area contributed by atoms with E-state index in [2.05, 4.69) is 4.98 Å². The summed E-state index contributed by atoms with van der Waals surface area (Å²) in [6.07, 6.45) is 2.50. The molecule has 0 saturated carbocycles. The lowest BCUT2D eigenvalue weighted by Crippen LogP contribution is -2.40. The number of aromatic amines is 1. The Morgan fingerprint density at radius 1 is 0.895 bits per heavy atom. The van der Waals surface area contributed by atoms with Crippen molar-refractivity contribution in [2.45, 2.75) is 18.9 Å². The van der Waals surface area contributed by atoms with Gasteiger partial charge < -0.3 is 9.88 Å². The average Bonchev–Trinajstić information content (AvgIpc) is 3.46. The predicted molar refractivity (Wildman–Crippen MR) is 140 cm³/mol. The van der Waals surface area contributed by atoms with E-state index in [1.165, 1.54) is 24.4 Å². The molecular weight excluding hydrogens is 514 g/mol. The van der Waals surface area contributed by atoms with Crippen molar-refractivity contribution in [2.75, 3.05) is 13.1 Å². The maximum Gasteiger partial charge on any atom is 0.326 e. The van der Waals surface area contributed by atoms with Gasteiger partial charge in [-0.15, -0.1) is 0 Å². The van der Waals surface area contributed by atoms with Gasteiger partial charge in [0.05, 0.1) is 27.7 Å². The third kappa shape index (κ3) is 3.90. The van der Waals surface area contributed by atoms with Crippen LogP contribution in [0.2, 0.25) is 5.02 Å². The number of hydrogen-bond donors (Lipinski definition) is 1. The number of fused-ring (bicyclic) bond motifs is 2. The van der Waals surface area contributed by atoms with Crippen LogP contribution in [0.5, 0.6) is 0 Å². The normalized spacial score (nSPS) is 14.4. The van der Waals surface area contributed by atoms with E-state index in [9.17, 15) is 23.2 Å². The van der Waals surface area contributed by atoms with Crippen molar-refractivity contribution in [3.63, 3.8) is 0 Å². The number of piperidine rings is 1. The van der Waals surface area contributed by atoms with Crippen LogP contribution in [0.1, 0.15) is 39.6 Å². The number of H-pyrrole nitrogens is 1. The van der Waals surface area contributed by atoms with Crippen molar-refractivity contribution < 1.29 is 18.4 Å². The Balaban J connectivity index is 1.31. The van der Waals surface area contributed by atoms with Gasteiger partial charge in [-0.05, 0) is 49.2 Å². The van der Waals surface area contributed by atoms with Gasteiger partial charge in [-0.1, -0.05) is 35.9 Å². The Kier molecular flexibility index (Phi) is 5.87. The Morgan fingerprint density at radius 3 is 2.45 bits per heavy atom. The zero-order chi connectivity index (χ0) is 26.6. The van der Waals surface area contributed by atoms with Gasteiger partial charge >= 0.3 is 5.69 Å². The van der Waals surface area contributed by atoms with Gasteiger partial charge in [0, 0.05) is 35.7 Å². The van der Waals surface area contributed by atoms with Gasteiger partial charge in [-0.25, -0.2) is 13.6 Å². The molecule has 1 saturated heterocycles. The minimum atomic E-state index is -1.26. The number of aromatic nitrogens is 3. The number of hydrogen-bond acceptors (Lipinski definition) is 3. The minimum absolute atomic E-state index is 0.0691. The average molecular weight is 535 g/mol. The summed E-state index contributed by atoms with van der Waals surface area (Å²) in [6, 6.07) is 15.5. The molecule has 1 N–H and O–H groups in total. The van der Waals surface area contributed by atoms with E-state index in [4.69, 9.17) is 11.6 Å². The highest BCUT2D eigenvalue weighted by molar-refractivity contribution is 6.31. The molecule has 10 heteroatoms. The molecule has 0 unspecified atom stereocenters. The van der Waals surface area contributed by atoms with Gasteiger partial charge in [-0.2, -0.15) is 0 Å². The van der Waals surface area contributed by atoms with Crippen LogP contribution >= 0.6 is 11.6 Å². The first-order valence-corrected chi connectivity index (χ1v) is 12.5. The first-order valence-electron chi connectivity index (χ1n) is 12.1. The highest BCUT2D eigenvalue weighted by Crippen LogP contribution is 2.30. The predicted octanol–water partition coefficient (Wildman–Crippen LogP) is 5.38. The third-order valence-corrected chi connectivity index (χ3v) is 7.37. The molecule has 38 heavy (non-hydrogen) atoms. The quantitative estimate of drug-likeness (QED) is 0.337. The number of halogens is 3. The lowest BCUT2D eigenvalue weighted by molar-refractivity contribution is 0.0697. The summed E-state index contributed by atoms with van der Waals surface area (Å²) in [5.74, 6) is -3.51. The molecule has 6 rings (SSSR count). The number of para-hydroxylation sites is 2. The molecular formula is C28H21ClF2N4O3. The molecule has 0 radical (unpaired) electrons. The van der Waals surface area contributed by atoms with Crippen molar-refractivity contribution in [3.05, 3.63) is 105 Å². The van der Waals surface area contributed by atoms with Crippen LogP contribution in [0.15, 0.2) is 71.7 Å². The van der Waals surface area contributed by atoms with E-state index in [0.29, 0.717) is 41.9 Å². The first kappa shape index (κ1) is 24.1. The second-order valence-corrected chi connectivity index (χ2v) is 9.76. The Hall–Kier alpha value is -4.24. The van der Waals surface area contributed by atoms with Crippen molar-refractivity contribution in [1.29, 1.82) is 0 Å². The first-order chi connectivity index (χ1) is 18.3. The second kappa shape index (κ2) is 9.25. The molecule has 1 aliphatic rings. The van der Waals surface area contributed by atoms with E-state index >= 15 is 0 Å². The highest BCUT2D eigenvalue weighted by Gasteiger charge is 2.29. The molecule has 0 aliphatic carbocycles. The molecule has 5 aromatic rings. The van der Waals surface area contributed by atoms with Crippen LogP contribution in [0.3, 0.4) is 0 Å². The van der Waals surface area contributed by atoms with Crippen molar-refractivity contribution in [2.24, 2.45) is 0 Å². The second-order valence-electron chi connectivity index (χ2n) is 9.32. The monoisotopic (exact) mass is 534 g/mol. The summed E-state index contributed by atoms with van der Waals surface area (Å²) in [5.41, 5.74) is 1.52. The lowest BCUT2D eigenvalue weighted by Gasteiger charge is -2.32. The summed E-state index contributed by atoms with van der Waals surface area (Å²) in [5, 5.41) is 0.799. The van der Waals surface area contributed by atoms with E-state index in [1.807, 2.05) is 24.3 Å². The van der Waals surface area contributed by atoms with Gasteiger partial charge in [0.15, 0.2) is 11.6 Å². The molecule has 1 amide bonds. The number of nitrogens with zero attached hydrogens (tertiary/aromatic N) is 3. The summed E-state index contributed by atoms with van der Waals surface area (Å²) < 4.78 is 31.1. The van der Waals surface area contributed by atoms with Crippen molar-refractivity contribution in [1.82, 2.24) is 19.0 Å². The maximum atomic E-state index is 14.4. The fraction of sp³-hybridized carbons (Fsp3) is 0.179. The van der Waals surface area contributed by atoms with Crippen LogP contribution in [0.25, 0.3) is 21.9 Å². The molecule has 0 bridgehead atoms. The number of carbonyl (C=O) groups is 2. The lowest BCUT2D eigenvalue weighted by atomic mass is 10.0. The Morgan fingerprint density at radius 2 is 1.66 bits per heavy atom. The molecule has 3 aromatic carbocycles. The SMILES string of the molecule is O=C(c1cn(C(=O)c2cccc(F)c2F)c2cc(Cl)ccc12)N1CCC(n2c(=O)[nH]c3ccccc32)CC1. The highest BCUT2D eigenvalue weighted by atomic mass is 35.5. The topological polar surface area (TPSA) is 80.1 Å². The van der Waals surface area contributed by atoms with Crippen molar-refractivity contribution in [3.8, 4) is 0 Å². The third-order valence-electron chi connectivity index (χ3n) is 7.14. The standard InChI is InChI=1S/C28H21ClF2N4O3/c29-16-8-9-18-20(15-34(24(18)14-16)27(37)19-4-3-5-21(30)25(19)31)26(36)33-12-10-17(11-13-33)35-23-7-2-1-6-22(23)32-28(35)38/h1-9,14-15,17H,10-13H2,(H,32,38). The van der Waals surface area contributed by atoms with E-state index in [0.717, 1.165) is 21.7 Å². The van der Waals surface area contributed by atoms with Gasteiger partial charge in [0.25, 0.3) is 11.8 Å². The number of amides is 1. The summed E-state index contributed by atoms with van der Waals surface area (Å²) in [7, 11) is 0. The summed E-state index contributed by atoms with van der Waals surface area (Å²) in [4.78, 5) is 44.0. The van der Waals surface area contributed by atoms with E-state index in [1.54, 1.807) is 21.6 Å². The molecule has 192 valence electrons. The number of nitrogens with one attached hydrogen (secondary N) is 1. The molecule has 7 nitrogen and oxygen atoms in total. The number of likely N-dealkylation sites (tertiary alicyclic amines) is 1.